The summed E-state index contributed by atoms with van der Waals surface area (Å²) >= 11 is 0. The Morgan fingerprint density at radius 2 is 1.50 bits per heavy atom. The molecule has 0 saturated carbocycles. The van der Waals surface area contributed by atoms with E-state index in [1.807, 2.05) is 63.6 Å². The van der Waals surface area contributed by atoms with Crippen LogP contribution in [0.4, 0.5) is 0 Å². The number of aryl methyl sites for hydroxylation is 3. The molecule has 2 aromatic heterocycles. The van der Waals surface area contributed by atoms with Gasteiger partial charge in [-0.2, -0.15) is 10.2 Å². The molecule has 3 aromatic rings. The molecule has 1 aromatic carbocycles. The van der Waals surface area contributed by atoms with Crippen molar-refractivity contribution in [3.05, 3.63) is 35.9 Å². The molecule has 0 bridgehead atoms. The smallest absolute Gasteiger partial charge is 0.374 e. The minimum Gasteiger partial charge on any atom is -0.374 e. The Kier molecular flexibility index (Phi) is 7.48. The summed E-state index contributed by atoms with van der Waals surface area (Å²) < 4.78 is 19.8. The van der Waals surface area contributed by atoms with Crippen molar-refractivity contribution in [2.75, 3.05) is 19.8 Å². The Morgan fingerprint density at radius 3 is 2.03 bits per heavy atom. The van der Waals surface area contributed by atoms with Crippen LogP contribution in [0.25, 0.3) is 22.8 Å². The Labute approximate surface area is 178 Å². The van der Waals surface area contributed by atoms with Crippen molar-refractivity contribution in [3.63, 3.8) is 0 Å². The van der Waals surface area contributed by atoms with E-state index in [1.54, 1.807) is 0 Å². The van der Waals surface area contributed by atoms with Gasteiger partial charge in [-0.3, -0.25) is 5.10 Å². The summed E-state index contributed by atoms with van der Waals surface area (Å²) in [5.41, 5.74) is 1.78. The van der Waals surface area contributed by atoms with Crippen molar-refractivity contribution in [2.24, 2.45) is 0 Å². The first-order valence-electron chi connectivity index (χ1n) is 10.3. The van der Waals surface area contributed by atoms with Crippen LogP contribution in [-0.2, 0) is 19.8 Å². The molecular weight excluding hydrogens is 400 g/mol. The van der Waals surface area contributed by atoms with Gasteiger partial charge >= 0.3 is 8.80 Å². The molecule has 1 N–H and O–H groups in total. The van der Waals surface area contributed by atoms with Crippen molar-refractivity contribution in [1.29, 1.82) is 0 Å². The predicted octanol–water partition coefficient (Wildman–Crippen LogP) is 3.40. The largest absolute Gasteiger partial charge is 0.502 e. The summed E-state index contributed by atoms with van der Waals surface area (Å²) in [6.45, 7) is 12.0. The monoisotopic (exact) mass is 430 g/mol. The van der Waals surface area contributed by atoms with E-state index < -0.39 is 8.80 Å². The van der Waals surface area contributed by atoms with Gasteiger partial charge in [0.25, 0.3) is 0 Å². The molecule has 0 aliphatic rings. The fourth-order valence-electron chi connectivity index (χ4n) is 3.33. The van der Waals surface area contributed by atoms with E-state index in [0.717, 1.165) is 22.8 Å². The molecule has 0 fully saturated rings. The van der Waals surface area contributed by atoms with Crippen LogP contribution in [0.5, 0.6) is 0 Å². The third-order valence-corrected chi connectivity index (χ3v) is 7.61. The first-order valence-corrected chi connectivity index (χ1v) is 12.3. The van der Waals surface area contributed by atoms with E-state index in [-0.39, 0.29) is 0 Å². The minimum absolute atomic E-state index is 0.553. The van der Waals surface area contributed by atoms with Crippen LogP contribution in [0, 0.1) is 13.8 Å². The fourth-order valence-corrected chi connectivity index (χ4v) is 5.81. The second kappa shape index (κ2) is 10.1. The molecular formula is C20H30N6O3Si. The number of aromatic amines is 1. The summed E-state index contributed by atoms with van der Waals surface area (Å²) in [7, 11) is -2.74. The highest BCUT2D eigenvalue weighted by atomic mass is 28.4. The molecule has 0 saturated heterocycles. The number of rotatable bonds is 11. The number of hydrogen-bond donors (Lipinski definition) is 1. The molecule has 0 amide bonds. The second-order valence-electron chi connectivity index (χ2n) is 6.73. The van der Waals surface area contributed by atoms with Gasteiger partial charge < -0.3 is 13.3 Å². The standard InChI is InChI=1S/C20H30N6O3Si/c1-6-27-30(28-7-2,29-8-3)14-13-26-16(5)22-20(25-26)18-12-10-9-11-17(18)19-21-15(4)23-24-19/h9-12H,6-8,13-14H2,1-5H3,(H,21,23,24). The molecule has 0 atom stereocenters. The van der Waals surface area contributed by atoms with Crippen molar-refractivity contribution in [2.45, 2.75) is 47.2 Å². The number of hydrogen-bond acceptors (Lipinski definition) is 7. The average Bonchev–Trinajstić information content (AvgIpc) is 3.32. The van der Waals surface area contributed by atoms with Crippen LogP contribution in [0.1, 0.15) is 32.4 Å². The lowest BCUT2D eigenvalue weighted by atomic mass is 10.1. The normalized spacial score (nSPS) is 11.9. The molecule has 2 heterocycles. The zero-order chi connectivity index (χ0) is 21.6. The summed E-state index contributed by atoms with van der Waals surface area (Å²) in [5, 5.41) is 11.9. The summed E-state index contributed by atoms with van der Waals surface area (Å²) in [5.74, 6) is 2.85. The summed E-state index contributed by atoms with van der Waals surface area (Å²) in [6, 6.07) is 8.52. The van der Waals surface area contributed by atoms with Gasteiger partial charge in [-0.05, 0) is 34.6 Å². The van der Waals surface area contributed by atoms with Crippen LogP contribution in [0.3, 0.4) is 0 Å². The van der Waals surface area contributed by atoms with Crippen LogP contribution in [0.15, 0.2) is 24.3 Å². The zero-order valence-electron chi connectivity index (χ0n) is 18.3. The predicted molar refractivity (Wildman–Crippen MR) is 116 cm³/mol. The molecule has 0 aliphatic carbocycles. The maximum absolute atomic E-state index is 5.96. The van der Waals surface area contributed by atoms with E-state index in [0.29, 0.717) is 44.1 Å². The van der Waals surface area contributed by atoms with Gasteiger partial charge in [0.2, 0.25) is 0 Å². The van der Waals surface area contributed by atoms with Crippen molar-refractivity contribution < 1.29 is 13.3 Å². The molecule has 3 rings (SSSR count). The topological polar surface area (TPSA) is 100.0 Å². The number of nitrogens with one attached hydrogen (secondary N) is 1. The Morgan fingerprint density at radius 1 is 0.900 bits per heavy atom. The van der Waals surface area contributed by atoms with Crippen LogP contribution in [-0.4, -0.2) is 58.6 Å². The highest BCUT2D eigenvalue weighted by Crippen LogP contribution is 2.28. The maximum atomic E-state index is 5.96. The van der Waals surface area contributed by atoms with Crippen molar-refractivity contribution in [1.82, 2.24) is 29.9 Å². The molecule has 10 heteroatoms. The highest BCUT2D eigenvalue weighted by molar-refractivity contribution is 6.60. The first kappa shape index (κ1) is 22.3. The van der Waals surface area contributed by atoms with E-state index in [1.165, 1.54) is 0 Å². The van der Waals surface area contributed by atoms with E-state index in [9.17, 15) is 0 Å². The van der Waals surface area contributed by atoms with Gasteiger partial charge in [-0.25, -0.2) is 14.6 Å². The Bertz CT molecular complexity index is 941. The number of H-pyrrole nitrogens is 1. The van der Waals surface area contributed by atoms with Crippen LogP contribution >= 0.6 is 0 Å². The first-order chi connectivity index (χ1) is 14.5. The lowest BCUT2D eigenvalue weighted by Crippen LogP contribution is -2.46. The lowest BCUT2D eigenvalue weighted by Gasteiger charge is -2.28. The summed E-state index contributed by atoms with van der Waals surface area (Å²) in [6.07, 6.45) is 0. The average molecular weight is 431 g/mol. The van der Waals surface area contributed by atoms with Crippen molar-refractivity contribution >= 4 is 8.80 Å². The van der Waals surface area contributed by atoms with Crippen LogP contribution < -0.4 is 0 Å². The Balaban J connectivity index is 1.86. The molecule has 9 nitrogen and oxygen atoms in total. The summed E-state index contributed by atoms with van der Waals surface area (Å²) in [4.78, 5) is 9.14. The fraction of sp³-hybridized carbons (Fsp3) is 0.500. The molecule has 0 aliphatic heterocycles. The lowest BCUT2D eigenvalue weighted by molar-refractivity contribution is 0.0699. The third kappa shape index (κ3) is 5.01. The number of benzene rings is 1. The SMILES string of the molecule is CCO[Si](CCn1nc(-c2ccccc2-c2n[nH]c(C)n2)nc1C)(OCC)OCC. The van der Waals surface area contributed by atoms with Crippen LogP contribution in [0.2, 0.25) is 6.04 Å². The second-order valence-corrected chi connectivity index (χ2v) is 9.46. The van der Waals surface area contributed by atoms with E-state index in [4.69, 9.17) is 23.4 Å². The van der Waals surface area contributed by atoms with Gasteiger partial charge in [0, 0.05) is 43.5 Å². The van der Waals surface area contributed by atoms with E-state index in [2.05, 4.69) is 15.2 Å². The number of aromatic nitrogens is 6. The molecule has 0 unspecified atom stereocenters. The zero-order valence-corrected chi connectivity index (χ0v) is 19.3. The molecule has 0 radical (unpaired) electrons. The molecule has 0 spiro atoms. The van der Waals surface area contributed by atoms with Gasteiger partial charge in [-0.15, -0.1) is 0 Å². The van der Waals surface area contributed by atoms with E-state index >= 15 is 0 Å². The van der Waals surface area contributed by atoms with Gasteiger partial charge in [0.1, 0.15) is 11.6 Å². The molecule has 162 valence electrons. The maximum Gasteiger partial charge on any atom is 0.502 e. The van der Waals surface area contributed by atoms with Gasteiger partial charge in [0.05, 0.1) is 0 Å². The highest BCUT2D eigenvalue weighted by Gasteiger charge is 2.40. The van der Waals surface area contributed by atoms with Crippen molar-refractivity contribution in [3.8, 4) is 22.8 Å². The van der Waals surface area contributed by atoms with Gasteiger partial charge in [-0.1, -0.05) is 24.3 Å². The molecule has 30 heavy (non-hydrogen) atoms. The third-order valence-electron chi connectivity index (χ3n) is 4.59. The minimum atomic E-state index is -2.74. The Hall–Kier alpha value is -2.40. The quantitative estimate of drug-likeness (QED) is 0.465. The van der Waals surface area contributed by atoms with Gasteiger partial charge in [0.15, 0.2) is 11.6 Å². The number of nitrogens with zero attached hydrogens (tertiary/aromatic N) is 5.